The van der Waals surface area contributed by atoms with Gasteiger partial charge < -0.3 is 9.47 Å². The molecule has 31 heavy (non-hydrogen) atoms. The van der Waals surface area contributed by atoms with Gasteiger partial charge in [0, 0.05) is 44.7 Å². The molecular formula is C22H20N4O4S. The highest BCUT2D eigenvalue weighted by atomic mass is 32.2. The molecule has 0 atom stereocenters. The number of benzene rings is 2. The molecule has 9 heteroatoms. The van der Waals surface area contributed by atoms with E-state index in [0.717, 1.165) is 0 Å². The third-order valence-electron chi connectivity index (χ3n) is 5.54. The molecule has 1 aliphatic heterocycles. The van der Waals surface area contributed by atoms with Crippen LogP contribution in [0.1, 0.15) is 15.9 Å². The maximum Gasteiger partial charge on any atom is 0.254 e. The van der Waals surface area contributed by atoms with E-state index in [0.29, 0.717) is 16.5 Å². The van der Waals surface area contributed by atoms with E-state index >= 15 is 0 Å². The second kappa shape index (κ2) is 7.98. The normalized spacial score (nSPS) is 15.0. The Bertz CT molecular complexity index is 1380. The number of carbonyl (C=O) groups excluding carboxylic acids is 1. The number of para-hydroxylation sites is 1. The molecule has 1 aromatic heterocycles. The number of nitrogens with zero attached hydrogens (tertiary/aromatic N) is 4. The van der Waals surface area contributed by atoms with Crippen molar-refractivity contribution in [2.45, 2.75) is 4.90 Å². The van der Waals surface area contributed by atoms with E-state index in [-0.39, 0.29) is 48.1 Å². The monoisotopic (exact) mass is 436 g/mol. The predicted octanol–water partition coefficient (Wildman–Crippen LogP) is 1.56. The number of hydrogen-bond donors (Lipinski definition) is 0. The first-order chi connectivity index (χ1) is 14.8. The number of fused-ring (bicyclic) bond motifs is 1. The van der Waals surface area contributed by atoms with E-state index in [1.54, 1.807) is 48.3 Å². The Morgan fingerprint density at radius 1 is 1.00 bits per heavy atom. The van der Waals surface area contributed by atoms with E-state index in [1.165, 1.54) is 27.1 Å². The van der Waals surface area contributed by atoms with Crippen LogP contribution in [0.4, 0.5) is 0 Å². The van der Waals surface area contributed by atoms with Gasteiger partial charge in [-0.1, -0.05) is 30.3 Å². The van der Waals surface area contributed by atoms with Crippen LogP contribution in [0.3, 0.4) is 0 Å². The smallest absolute Gasteiger partial charge is 0.254 e. The summed E-state index contributed by atoms with van der Waals surface area (Å²) < 4.78 is 28.8. The van der Waals surface area contributed by atoms with E-state index in [2.05, 4.69) is 0 Å². The van der Waals surface area contributed by atoms with E-state index in [9.17, 15) is 23.3 Å². The fraction of sp³-hybridized carbons (Fsp3) is 0.227. The summed E-state index contributed by atoms with van der Waals surface area (Å²) in [6, 6.07) is 16.5. The van der Waals surface area contributed by atoms with Crippen molar-refractivity contribution >= 4 is 26.8 Å². The van der Waals surface area contributed by atoms with Gasteiger partial charge in [-0.25, -0.2) is 8.42 Å². The molecule has 1 amide bonds. The standard InChI is InChI=1S/C22H20N4O4S/c1-24-19-8-4-3-7-17(19)18(14-21(24)27)22(28)25-10-12-26(13-11-25)31(29,30)20-9-5-2-6-16(20)15-23/h2-9,14H,10-13H2,1H3. The van der Waals surface area contributed by atoms with Gasteiger partial charge in [-0.2, -0.15) is 9.57 Å². The van der Waals surface area contributed by atoms with Gasteiger partial charge in [-0.15, -0.1) is 0 Å². The zero-order valence-corrected chi connectivity index (χ0v) is 17.7. The molecule has 2 aromatic carbocycles. The number of amides is 1. The lowest BCUT2D eigenvalue weighted by Crippen LogP contribution is -2.50. The highest BCUT2D eigenvalue weighted by Crippen LogP contribution is 2.23. The van der Waals surface area contributed by atoms with Gasteiger partial charge in [0.1, 0.15) is 6.07 Å². The molecule has 4 rings (SSSR count). The largest absolute Gasteiger partial charge is 0.336 e. The van der Waals surface area contributed by atoms with Crippen LogP contribution in [0.2, 0.25) is 0 Å². The molecule has 1 aliphatic rings. The van der Waals surface area contributed by atoms with Crippen LogP contribution in [0.15, 0.2) is 64.3 Å². The Labute approximate surface area is 179 Å². The van der Waals surface area contributed by atoms with Gasteiger partial charge >= 0.3 is 0 Å². The lowest BCUT2D eigenvalue weighted by Gasteiger charge is -2.34. The molecule has 1 fully saturated rings. The van der Waals surface area contributed by atoms with Crippen molar-refractivity contribution in [1.82, 2.24) is 13.8 Å². The number of rotatable bonds is 3. The molecule has 0 aliphatic carbocycles. The molecule has 0 N–H and O–H groups in total. The van der Waals surface area contributed by atoms with Crippen molar-refractivity contribution in [2.24, 2.45) is 7.05 Å². The van der Waals surface area contributed by atoms with Crippen LogP contribution in [0.25, 0.3) is 10.9 Å². The topological polar surface area (TPSA) is 103 Å². The Hall–Kier alpha value is -3.48. The summed E-state index contributed by atoms with van der Waals surface area (Å²) in [5, 5.41) is 9.91. The van der Waals surface area contributed by atoms with Gasteiger partial charge in [0.05, 0.1) is 21.5 Å². The summed E-state index contributed by atoms with van der Waals surface area (Å²) in [7, 11) is -2.19. The molecular weight excluding hydrogens is 416 g/mol. The number of piperazine rings is 1. The summed E-state index contributed by atoms with van der Waals surface area (Å²) in [4.78, 5) is 27.0. The van der Waals surface area contributed by atoms with Crippen LogP contribution in [-0.4, -0.2) is 54.3 Å². The van der Waals surface area contributed by atoms with Crippen molar-refractivity contribution in [3.05, 3.63) is 76.1 Å². The Morgan fingerprint density at radius 3 is 2.35 bits per heavy atom. The second-order valence-corrected chi connectivity index (χ2v) is 9.18. The molecule has 2 heterocycles. The zero-order chi connectivity index (χ0) is 22.2. The second-order valence-electron chi connectivity index (χ2n) is 7.28. The first-order valence-corrected chi connectivity index (χ1v) is 11.2. The number of aryl methyl sites for hydroxylation is 1. The predicted molar refractivity (Wildman–Crippen MR) is 115 cm³/mol. The number of hydrogen-bond acceptors (Lipinski definition) is 5. The van der Waals surface area contributed by atoms with Crippen LogP contribution in [0, 0.1) is 11.3 Å². The third-order valence-corrected chi connectivity index (χ3v) is 7.49. The van der Waals surface area contributed by atoms with E-state index in [4.69, 9.17) is 0 Å². The zero-order valence-electron chi connectivity index (χ0n) is 16.9. The molecule has 0 unspecified atom stereocenters. The van der Waals surface area contributed by atoms with Crippen molar-refractivity contribution in [1.29, 1.82) is 5.26 Å². The highest BCUT2D eigenvalue weighted by Gasteiger charge is 2.32. The number of nitriles is 1. The van der Waals surface area contributed by atoms with Crippen molar-refractivity contribution < 1.29 is 13.2 Å². The first-order valence-electron chi connectivity index (χ1n) is 9.72. The van der Waals surface area contributed by atoms with Gasteiger partial charge in [0.25, 0.3) is 11.5 Å². The molecule has 158 valence electrons. The lowest BCUT2D eigenvalue weighted by molar-refractivity contribution is 0.0699. The van der Waals surface area contributed by atoms with Gasteiger partial charge in [0.2, 0.25) is 10.0 Å². The summed E-state index contributed by atoms with van der Waals surface area (Å²) in [6.45, 7) is 0.597. The van der Waals surface area contributed by atoms with E-state index in [1.807, 2.05) is 6.07 Å². The average molecular weight is 436 g/mol. The summed E-state index contributed by atoms with van der Waals surface area (Å²) in [5.41, 5.74) is 0.779. The number of carbonyl (C=O) groups is 1. The molecule has 0 spiro atoms. The maximum absolute atomic E-state index is 13.2. The van der Waals surface area contributed by atoms with Gasteiger partial charge in [0.15, 0.2) is 0 Å². The number of aromatic nitrogens is 1. The van der Waals surface area contributed by atoms with Crippen LogP contribution in [-0.2, 0) is 17.1 Å². The molecule has 8 nitrogen and oxygen atoms in total. The minimum atomic E-state index is -3.85. The average Bonchev–Trinajstić information content (AvgIpc) is 2.81. The fourth-order valence-electron chi connectivity index (χ4n) is 3.81. The lowest BCUT2D eigenvalue weighted by atomic mass is 10.1. The number of sulfonamides is 1. The summed E-state index contributed by atoms with van der Waals surface area (Å²) in [5.74, 6) is -0.302. The van der Waals surface area contributed by atoms with Crippen LogP contribution < -0.4 is 5.56 Å². The molecule has 0 bridgehead atoms. The van der Waals surface area contributed by atoms with Gasteiger partial charge in [-0.3, -0.25) is 9.59 Å². The van der Waals surface area contributed by atoms with Crippen LogP contribution >= 0.6 is 0 Å². The van der Waals surface area contributed by atoms with Crippen molar-refractivity contribution in [3.63, 3.8) is 0 Å². The third kappa shape index (κ3) is 3.60. The van der Waals surface area contributed by atoms with Gasteiger partial charge in [-0.05, 0) is 18.2 Å². The Morgan fingerprint density at radius 2 is 1.65 bits per heavy atom. The SMILES string of the molecule is Cn1c(=O)cc(C(=O)N2CCN(S(=O)(=O)c3ccccc3C#N)CC2)c2ccccc21. The minimum Gasteiger partial charge on any atom is -0.336 e. The first kappa shape index (κ1) is 20.8. The quantitative estimate of drug-likeness (QED) is 0.620. The Balaban J connectivity index is 1.58. The van der Waals surface area contributed by atoms with Crippen LogP contribution in [0.5, 0.6) is 0 Å². The van der Waals surface area contributed by atoms with Crippen molar-refractivity contribution in [2.75, 3.05) is 26.2 Å². The molecule has 0 radical (unpaired) electrons. The Kier molecular flexibility index (Phi) is 5.35. The molecule has 0 saturated carbocycles. The minimum absolute atomic E-state index is 0.0326. The fourth-order valence-corrected chi connectivity index (χ4v) is 5.38. The summed E-state index contributed by atoms with van der Waals surface area (Å²) >= 11 is 0. The summed E-state index contributed by atoms with van der Waals surface area (Å²) in [6.07, 6.45) is 0. The van der Waals surface area contributed by atoms with Crippen molar-refractivity contribution in [3.8, 4) is 6.07 Å². The molecule has 1 saturated heterocycles. The van der Waals surface area contributed by atoms with E-state index < -0.39 is 10.0 Å². The highest BCUT2D eigenvalue weighted by molar-refractivity contribution is 7.89. The molecule has 3 aromatic rings. The maximum atomic E-state index is 13.2. The number of pyridine rings is 1.